The Labute approximate surface area is 146 Å². The minimum Gasteiger partial charge on any atom is -0.332 e. The van der Waals surface area contributed by atoms with E-state index in [1.54, 1.807) is 4.57 Å². The van der Waals surface area contributed by atoms with Gasteiger partial charge >= 0.3 is 0 Å². The molecule has 0 saturated carbocycles. The van der Waals surface area contributed by atoms with Gasteiger partial charge in [-0.3, -0.25) is 9.36 Å². The molecule has 5 heteroatoms. The summed E-state index contributed by atoms with van der Waals surface area (Å²) < 4.78 is 2.15. The SMILES string of the molecule is CN(CCCn1c(=S)[nH]c2ccccc2c1=O)Cc1ccccc1. The molecule has 0 fully saturated rings. The summed E-state index contributed by atoms with van der Waals surface area (Å²) >= 11 is 5.34. The Bertz CT molecular complexity index is 930. The molecule has 0 unspecified atom stereocenters. The summed E-state index contributed by atoms with van der Waals surface area (Å²) in [7, 11) is 2.09. The molecule has 0 radical (unpaired) electrons. The predicted octanol–water partition coefficient (Wildman–Crippen LogP) is 3.58. The van der Waals surface area contributed by atoms with Crippen LogP contribution in [0, 0.1) is 4.77 Å². The monoisotopic (exact) mass is 339 g/mol. The van der Waals surface area contributed by atoms with Crippen LogP contribution in [0.4, 0.5) is 0 Å². The fourth-order valence-electron chi connectivity index (χ4n) is 2.87. The second-order valence-corrected chi connectivity index (χ2v) is 6.40. The highest BCUT2D eigenvalue weighted by atomic mass is 32.1. The molecule has 1 aromatic heterocycles. The number of fused-ring (bicyclic) bond motifs is 1. The molecule has 0 amide bonds. The number of hydrogen-bond acceptors (Lipinski definition) is 3. The summed E-state index contributed by atoms with van der Waals surface area (Å²) in [5.74, 6) is 0. The molecule has 1 N–H and O–H groups in total. The maximum absolute atomic E-state index is 12.6. The average Bonchev–Trinajstić information content (AvgIpc) is 2.59. The lowest BCUT2D eigenvalue weighted by molar-refractivity contribution is 0.313. The highest BCUT2D eigenvalue weighted by Gasteiger charge is 2.06. The number of nitrogens with zero attached hydrogens (tertiary/aromatic N) is 2. The highest BCUT2D eigenvalue weighted by Crippen LogP contribution is 2.07. The Kier molecular flexibility index (Phi) is 5.23. The van der Waals surface area contributed by atoms with Crippen LogP contribution in [-0.2, 0) is 13.1 Å². The molecule has 4 nitrogen and oxygen atoms in total. The number of aromatic amines is 1. The van der Waals surface area contributed by atoms with Gasteiger partial charge in [-0.1, -0.05) is 42.5 Å². The molecule has 24 heavy (non-hydrogen) atoms. The summed E-state index contributed by atoms with van der Waals surface area (Å²) in [6, 6.07) is 17.9. The van der Waals surface area contributed by atoms with Gasteiger partial charge in [0.15, 0.2) is 4.77 Å². The van der Waals surface area contributed by atoms with Gasteiger partial charge in [0.05, 0.1) is 10.9 Å². The zero-order chi connectivity index (χ0) is 16.9. The Morgan fingerprint density at radius 2 is 1.79 bits per heavy atom. The van der Waals surface area contributed by atoms with Crippen LogP contribution >= 0.6 is 12.2 Å². The summed E-state index contributed by atoms with van der Waals surface area (Å²) in [6.07, 6.45) is 0.874. The Morgan fingerprint density at radius 1 is 1.08 bits per heavy atom. The first kappa shape index (κ1) is 16.6. The lowest BCUT2D eigenvalue weighted by atomic mass is 10.2. The van der Waals surface area contributed by atoms with E-state index in [-0.39, 0.29) is 5.56 Å². The van der Waals surface area contributed by atoms with E-state index in [0.29, 0.717) is 16.7 Å². The molecular formula is C19H21N3OS. The zero-order valence-electron chi connectivity index (χ0n) is 13.7. The van der Waals surface area contributed by atoms with Gasteiger partial charge in [-0.2, -0.15) is 0 Å². The second-order valence-electron chi connectivity index (χ2n) is 6.01. The minimum atomic E-state index is -0.0138. The number of nitrogens with one attached hydrogen (secondary N) is 1. The standard InChI is InChI=1S/C19H21N3OS/c1-21(14-15-8-3-2-4-9-15)12-7-13-22-18(23)16-10-5-6-11-17(16)20-19(22)24/h2-6,8-11H,7,12-14H2,1H3,(H,20,24). The van der Waals surface area contributed by atoms with Crippen molar-refractivity contribution in [3.8, 4) is 0 Å². The molecule has 3 aromatic rings. The number of rotatable bonds is 6. The fraction of sp³-hybridized carbons (Fsp3) is 0.263. The van der Waals surface area contributed by atoms with Crippen molar-refractivity contribution in [1.29, 1.82) is 0 Å². The van der Waals surface area contributed by atoms with Gasteiger partial charge in [-0.15, -0.1) is 0 Å². The van der Waals surface area contributed by atoms with E-state index in [0.717, 1.165) is 25.0 Å². The zero-order valence-corrected chi connectivity index (χ0v) is 14.6. The van der Waals surface area contributed by atoms with Crippen LogP contribution in [-0.4, -0.2) is 28.0 Å². The van der Waals surface area contributed by atoms with E-state index in [1.807, 2.05) is 30.3 Å². The topological polar surface area (TPSA) is 41.0 Å². The number of benzene rings is 2. The van der Waals surface area contributed by atoms with Crippen molar-refractivity contribution in [1.82, 2.24) is 14.5 Å². The number of aromatic nitrogens is 2. The van der Waals surface area contributed by atoms with Crippen LogP contribution in [0.2, 0.25) is 0 Å². The van der Waals surface area contributed by atoms with Crippen molar-refractivity contribution in [2.75, 3.05) is 13.6 Å². The predicted molar refractivity (Wildman–Crippen MR) is 101 cm³/mol. The van der Waals surface area contributed by atoms with E-state index in [9.17, 15) is 4.79 Å². The number of para-hydroxylation sites is 1. The van der Waals surface area contributed by atoms with Crippen LogP contribution in [0.5, 0.6) is 0 Å². The van der Waals surface area contributed by atoms with Gasteiger partial charge in [-0.25, -0.2) is 0 Å². The van der Waals surface area contributed by atoms with Crippen LogP contribution in [0.1, 0.15) is 12.0 Å². The average molecular weight is 339 g/mol. The summed E-state index contributed by atoms with van der Waals surface area (Å²) in [6.45, 7) is 2.43. The summed E-state index contributed by atoms with van der Waals surface area (Å²) in [5.41, 5.74) is 2.07. The molecule has 0 bridgehead atoms. The van der Waals surface area contributed by atoms with Crippen LogP contribution in [0.15, 0.2) is 59.4 Å². The van der Waals surface area contributed by atoms with Crippen LogP contribution in [0.25, 0.3) is 10.9 Å². The smallest absolute Gasteiger partial charge is 0.262 e. The Morgan fingerprint density at radius 3 is 2.58 bits per heavy atom. The largest absolute Gasteiger partial charge is 0.332 e. The van der Waals surface area contributed by atoms with Gasteiger partial charge in [0, 0.05) is 13.1 Å². The molecule has 0 atom stereocenters. The third-order valence-electron chi connectivity index (χ3n) is 4.11. The first-order chi connectivity index (χ1) is 11.6. The minimum absolute atomic E-state index is 0.0138. The lowest BCUT2D eigenvalue weighted by Crippen LogP contribution is -2.25. The molecule has 0 aliphatic heterocycles. The van der Waals surface area contributed by atoms with Gasteiger partial charge in [-0.05, 0) is 49.9 Å². The first-order valence-electron chi connectivity index (χ1n) is 8.09. The van der Waals surface area contributed by atoms with Gasteiger partial charge in [0.1, 0.15) is 0 Å². The van der Waals surface area contributed by atoms with E-state index < -0.39 is 0 Å². The molecule has 1 heterocycles. The molecule has 2 aromatic carbocycles. The fourth-order valence-corrected chi connectivity index (χ4v) is 3.16. The van der Waals surface area contributed by atoms with Gasteiger partial charge in [0.2, 0.25) is 0 Å². The molecular weight excluding hydrogens is 318 g/mol. The number of hydrogen-bond donors (Lipinski definition) is 1. The summed E-state index contributed by atoms with van der Waals surface area (Å²) in [4.78, 5) is 18.0. The maximum Gasteiger partial charge on any atom is 0.262 e. The molecule has 0 spiro atoms. The van der Waals surface area contributed by atoms with E-state index >= 15 is 0 Å². The van der Waals surface area contributed by atoms with E-state index in [2.05, 4.69) is 41.2 Å². The third kappa shape index (κ3) is 3.80. The molecule has 0 aliphatic rings. The van der Waals surface area contributed by atoms with Crippen molar-refractivity contribution < 1.29 is 0 Å². The van der Waals surface area contributed by atoms with Gasteiger partial charge < -0.3 is 9.88 Å². The van der Waals surface area contributed by atoms with Crippen LogP contribution < -0.4 is 5.56 Å². The van der Waals surface area contributed by atoms with Crippen LogP contribution in [0.3, 0.4) is 0 Å². The van der Waals surface area contributed by atoms with Crippen molar-refractivity contribution in [3.63, 3.8) is 0 Å². The second kappa shape index (κ2) is 7.55. The summed E-state index contributed by atoms with van der Waals surface area (Å²) in [5, 5.41) is 0.684. The van der Waals surface area contributed by atoms with Crippen molar-refractivity contribution >= 4 is 23.1 Å². The van der Waals surface area contributed by atoms with Crippen molar-refractivity contribution in [2.45, 2.75) is 19.5 Å². The van der Waals surface area contributed by atoms with Gasteiger partial charge in [0.25, 0.3) is 5.56 Å². The third-order valence-corrected chi connectivity index (χ3v) is 4.43. The Hall–Kier alpha value is -2.24. The molecule has 3 rings (SSSR count). The van der Waals surface area contributed by atoms with Crippen molar-refractivity contribution in [2.24, 2.45) is 0 Å². The molecule has 124 valence electrons. The lowest BCUT2D eigenvalue weighted by Gasteiger charge is -2.17. The normalized spacial score (nSPS) is 11.2. The number of H-pyrrole nitrogens is 1. The quantitative estimate of drug-likeness (QED) is 0.698. The Balaban J connectivity index is 1.66. The first-order valence-corrected chi connectivity index (χ1v) is 8.50. The molecule has 0 saturated heterocycles. The maximum atomic E-state index is 12.6. The highest BCUT2D eigenvalue weighted by molar-refractivity contribution is 7.71. The van der Waals surface area contributed by atoms with E-state index in [4.69, 9.17) is 12.2 Å². The molecule has 0 aliphatic carbocycles. The van der Waals surface area contributed by atoms with Crippen molar-refractivity contribution in [3.05, 3.63) is 75.3 Å². The van der Waals surface area contributed by atoms with E-state index in [1.165, 1.54) is 5.56 Å².